The maximum Gasteiger partial charge on any atom is 0.410 e. The summed E-state index contributed by atoms with van der Waals surface area (Å²) in [5.41, 5.74) is 13.0. The molecule has 1 aliphatic heterocycles. The number of nitrogens with two attached hydrogens (primary N) is 2. The number of amides is 11. The lowest BCUT2D eigenvalue weighted by molar-refractivity contribution is -0.870. The van der Waals surface area contributed by atoms with E-state index in [1.807, 2.05) is 53.2 Å². The summed E-state index contributed by atoms with van der Waals surface area (Å²) in [7, 11) is 7.11. The third-order valence-corrected chi connectivity index (χ3v) is 20.1. The number of aromatic nitrogens is 3. The number of hydrogen-bond acceptors (Lipinski definition) is 21. The van der Waals surface area contributed by atoms with E-state index in [1.54, 1.807) is 104 Å². The number of urea groups is 1. The van der Waals surface area contributed by atoms with Gasteiger partial charge in [0.25, 0.3) is 7.82 Å². The molecule has 12 N–H and O–H groups in total. The van der Waals surface area contributed by atoms with Crippen molar-refractivity contribution < 1.29 is 90.3 Å². The van der Waals surface area contributed by atoms with Crippen molar-refractivity contribution in [3.05, 3.63) is 77.6 Å². The van der Waals surface area contributed by atoms with E-state index < -0.39 is 146 Å². The van der Waals surface area contributed by atoms with Crippen molar-refractivity contribution in [2.45, 2.75) is 200 Å². The highest BCUT2D eigenvalue weighted by Gasteiger charge is 2.44. The van der Waals surface area contributed by atoms with Crippen molar-refractivity contribution in [3.8, 4) is 0 Å². The number of likely N-dealkylation sites (N-methyl/N-ethyl adjacent to an activating group) is 3. The van der Waals surface area contributed by atoms with Crippen LogP contribution in [0.25, 0.3) is 0 Å². The summed E-state index contributed by atoms with van der Waals surface area (Å²) in [6, 6.07) is 7.32. The molecule has 1 fully saturated rings. The summed E-state index contributed by atoms with van der Waals surface area (Å²) in [4.78, 5) is 153. The van der Waals surface area contributed by atoms with Crippen molar-refractivity contribution in [2.24, 2.45) is 41.1 Å². The molecule has 2 aromatic carbocycles. The lowest BCUT2D eigenvalue weighted by Gasteiger charge is -2.41. The van der Waals surface area contributed by atoms with Crippen LogP contribution < -0.4 is 53.6 Å². The van der Waals surface area contributed by atoms with Crippen LogP contribution in [0.3, 0.4) is 0 Å². The Morgan fingerprint density at radius 1 is 0.759 bits per heavy atom. The van der Waals surface area contributed by atoms with Gasteiger partial charge in [0.05, 0.1) is 94.7 Å². The van der Waals surface area contributed by atoms with Crippen molar-refractivity contribution in [3.63, 3.8) is 0 Å². The highest BCUT2D eigenvalue weighted by atomic mass is 31.2. The average molecular weight is 1540 g/mol. The third kappa shape index (κ3) is 29.6. The van der Waals surface area contributed by atoms with Gasteiger partial charge in [0.1, 0.15) is 43.9 Å². The van der Waals surface area contributed by atoms with Crippen LogP contribution in [-0.4, -0.2) is 248 Å². The first-order valence-corrected chi connectivity index (χ1v) is 38.4. The number of primary amides is 1. The largest absolute Gasteiger partial charge is 0.756 e. The second-order valence-corrected chi connectivity index (χ2v) is 31.2. The molecule has 108 heavy (non-hydrogen) atoms. The van der Waals surface area contributed by atoms with Crippen LogP contribution in [0, 0.1) is 29.6 Å². The van der Waals surface area contributed by atoms with Crippen LogP contribution in [0.1, 0.15) is 137 Å². The van der Waals surface area contributed by atoms with Crippen LogP contribution in [-0.2, 0) is 85.8 Å². The molecule has 0 saturated carbocycles. The fourth-order valence-electron chi connectivity index (χ4n) is 12.7. The summed E-state index contributed by atoms with van der Waals surface area (Å²) in [6.07, 6.45) is 0.0106. The molecule has 34 nitrogen and oxygen atoms in total. The molecule has 2 heterocycles. The number of rotatable bonds is 46. The maximum absolute atomic E-state index is 14.9. The Labute approximate surface area is 635 Å². The molecule has 0 bridgehead atoms. The van der Waals surface area contributed by atoms with E-state index in [0.717, 1.165) is 4.90 Å². The molecule has 0 aliphatic carbocycles. The molecule has 1 saturated heterocycles. The van der Waals surface area contributed by atoms with E-state index in [0.29, 0.717) is 53.6 Å². The summed E-state index contributed by atoms with van der Waals surface area (Å²) in [5, 5.41) is 38.1. The number of methoxy groups -OCH3 is 2. The number of aliphatic hydroxyl groups excluding tert-OH is 1. The Bertz CT molecular complexity index is 3440. The number of nitrogens with one attached hydrogen (secondary N) is 7. The fourth-order valence-corrected chi connectivity index (χ4v) is 13.4. The number of ether oxygens (including phenoxy) is 3. The Kier molecular flexibility index (Phi) is 37.9. The van der Waals surface area contributed by atoms with Gasteiger partial charge in [0, 0.05) is 66.4 Å². The number of phosphoric ester groups is 1. The quantitative estimate of drug-likeness (QED) is 0.0221. The lowest BCUT2D eigenvalue weighted by Crippen LogP contribution is -2.60. The average Bonchev–Trinajstić information content (AvgIpc) is 1.53. The summed E-state index contributed by atoms with van der Waals surface area (Å²) in [5.74, 6) is -6.37. The maximum atomic E-state index is 14.9. The molecule has 0 radical (unpaired) electrons. The smallest absolute Gasteiger partial charge is 0.410 e. The standard InChI is InChI=1S/C73H121N16O18P/c1-18-47(8)63(57(103-16)41-59(91)88-35-23-27-56(88)65(104-17)48(9)66(93)78-49(10)64(92)51-24-20-19-21-25-51)85(11)71(98)61(45(4)5)82-70(97)62(46(6)7)86(12)73(100)105-43-50-28-30-52(31-29-50)79-68(95)55(26-22-33-77-72(75)99)80-69(96)60(44(2)3)81-58(90)40-53-42-87(84-83-53)36-32-54(74)67(94)76-34-38-106-108(101,102)107-39-37-89(13,14)15/h19-21,24-25,28-31,42,44-49,54-57,60-65,92H,18,22-23,26-27,32-41,43,74H2,1-17H3,(H9-,75,76,77,78,79,80,81,82,90,93,94,95,96,97,99,101,102)/t47-,48+,49+,54-,55-,56-,57+,60-,61-,62-,63-,64+,65+/m0/s1. The van der Waals surface area contributed by atoms with Gasteiger partial charge in [-0.15, -0.1) is 5.10 Å². The van der Waals surface area contributed by atoms with Crippen LogP contribution in [0.2, 0.25) is 0 Å². The number of phosphoric acid groups is 1. The first kappa shape index (κ1) is 92.2. The molecule has 4 rings (SSSR count). The summed E-state index contributed by atoms with van der Waals surface area (Å²) < 4.78 is 41.3. The number of benzene rings is 2. The topological polar surface area (TPSA) is 454 Å². The van der Waals surface area contributed by atoms with E-state index in [1.165, 1.54) is 37.0 Å². The van der Waals surface area contributed by atoms with E-state index in [9.17, 15) is 62.5 Å². The van der Waals surface area contributed by atoms with Crippen molar-refractivity contribution in [1.82, 2.24) is 61.6 Å². The van der Waals surface area contributed by atoms with E-state index in [2.05, 4.69) is 47.5 Å². The Morgan fingerprint density at radius 2 is 1.41 bits per heavy atom. The predicted molar refractivity (Wildman–Crippen MR) is 401 cm³/mol. The number of carbonyl (C=O) groups excluding carboxylic acids is 10. The molecule has 1 unspecified atom stereocenters. The number of aryl methyl sites for hydroxylation is 1. The van der Waals surface area contributed by atoms with E-state index >= 15 is 0 Å². The first-order valence-electron chi connectivity index (χ1n) is 37.0. The van der Waals surface area contributed by atoms with Gasteiger partial charge < -0.3 is 96.2 Å². The molecule has 11 amide bonds. The van der Waals surface area contributed by atoms with Gasteiger partial charge in [-0.05, 0) is 86.0 Å². The zero-order valence-corrected chi connectivity index (χ0v) is 66.8. The van der Waals surface area contributed by atoms with Crippen molar-refractivity contribution in [1.29, 1.82) is 0 Å². The minimum Gasteiger partial charge on any atom is -0.756 e. The lowest BCUT2D eigenvalue weighted by atomic mass is 9.89. The minimum absolute atomic E-state index is 0.0314. The predicted octanol–water partition coefficient (Wildman–Crippen LogP) is 2.47. The zero-order valence-electron chi connectivity index (χ0n) is 65.9. The van der Waals surface area contributed by atoms with Crippen LogP contribution in [0.15, 0.2) is 60.8 Å². The second kappa shape index (κ2) is 44.4. The first-order chi connectivity index (χ1) is 50.7. The van der Waals surface area contributed by atoms with Gasteiger partial charge in [-0.3, -0.25) is 52.5 Å². The number of anilines is 1. The Morgan fingerprint density at radius 3 is 2.00 bits per heavy atom. The van der Waals surface area contributed by atoms with Crippen molar-refractivity contribution in [2.75, 3.05) is 94.2 Å². The molecule has 1 aromatic heterocycles. The SMILES string of the molecule is CC[C@H](C)[C@@H]([C@@H](CC(=O)N1CCC[C@H]1[C@H](OC)[C@@H](C)C(=O)N[C@H](C)[C@@H](O)c1ccccc1)OC)N(C)C(=O)[C@@H](NC(=O)[C@H](C(C)C)N(C)C(=O)OCc1ccc(NC(=O)[C@H](CCCNC(N)=O)NC(=O)[C@@H](NC(=O)Cc2cn(CC[C@H](N)C(=O)NCCOP(=O)([O-])OCC[N+](C)(C)C)nn2)C(C)C)cc1)C(C)C. The number of quaternary nitrogens is 1. The fraction of sp³-hybridized carbons (Fsp3) is 0.671. The second-order valence-electron chi connectivity index (χ2n) is 29.8. The van der Waals surface area contributed by atoms with Gasteiger partial charge >= 0.3 is 12.1 Å². The third-order valence-electron chi connectivity index (χ3n) is 19.1. The normalized spacial score (nSPS) is 17.1. The van der Waals surface area contributed by atoms with Gasteiger partial charge in [-0.1, -0.05) is 116 Å². The monoisotopic (exact) mass is 1540 g/mol. The summed E-state index contributed by atoms with van der Waals surface area (Å²) >= 11 is 0. The van der Waals surface area contributed by atoms with E-state index in [4.69, 9.17) is 34.7 Å². The van der Waals surface area contributed by atoms with Crippen LogP contribution >= 0.6 is 7.82 Å². The highest BCUT2D eigenvalue weighted by molar-refractivity contribution is 7.45. The Balaban J connectivity index is 1.35. The van der Waals surface area contributed by atoms with Gasteiger partial charge in [0.15, 0.2) is 0 Å². The minimum atomic E-state index is -4.57. The molecular formula is C73H121N16O18P. The molecule has 35 heteroatoms. The van der Waals surface area contributed by atoms with E-state index in [-0.39, 0.29) is 95.0 Å². The van der Waals surface area contributed by atoms with Gasteiger partial charge in [0.2, 0.25) is 47.3 Å². The number of carbonyl (C=O) groups is 10. The molecule has 14 atom stereocenters. The molecular weight excluding hydrogens is 1420 g/mol. The number of nitrogens with zero attached hydrogens (tertiary/aromatic N) is 7. The molecule has 0 spiro atoms. The van der Waals surface area contributed by atoms with Crippen molar-refractivity contribution >= 4 is 72.9 Å². The molecule has 3 aromatic rings. The number of aliphatic hydroxyl groups is 1. The zero-order chi connectivity index (χ0) is 80.9. The van der Waals surface area contributed by atoms with Gasteiger partial charge in [-0.25, -0.2) is 9.59 Å². The van der Waals surface area contributed by atoms with Gasteiger partial charge in [-0.2, -0.15) is 0 Å². The Hall–Kier alpha value is -8.21. The highest BCUT2D eigenvalue weighted by Crippen LogP contribution is 2.38. The van der Waals surface area contributed by atoms with Crippen LogP contribution in [0.5, 0.6) is 0 Å². The molecule has 606 valence electrons. The van der Waals surface area contributed by atoms with Crippen LogP contribution in [0.4, 0.5) is 15.3 Å². The number of likely N-dealkylation sites (tertiary alicyclic amines) is 1. The number of hydrogen-bond donors (Lipinski definition) is 10. The molecule has 1 aliphatic rings. The summed E-state index contributed by atoms with van der Waals surface area (Å²) in [6.45, 7) is 18.1.